The van der Waals surface area contributed by atoms with Crippen molar-refractivity contribution in [1.82, 2.24) is 0 Å². The Bertz CT molecular complexity index is 589. The second-order valence-corrected chi connectivity index (χ2v) is 4.03. The van der Waals surface area contributed by atoms with E-state index in [0.29, 0.717) is 11.4 Å². The Morgan fingerprint density at radius 3 is 2.37 bits per heavy atom. The van der Waals surface area contributed by atoms with Crippen molar-refractivity contribution in [3.05, 3.63) is 54.0 Å². The fraction of sp³-hybridized carbons (Fsp3) is 0.143. The molecule has 1 amide bonds. The summed E-state index contributed by atoms with van der Waals surface area (Å²) < 4.78 is 5.25. The smallest absolute Gasteiger partial charge is 0.323 e. The van der Waals surface area contributed by atoms with Crippen LogP contribution in [0.4, 0.5) is 5.69 Å². The number of hydrogen-bond donors (Lipinski definition) is 1. The number of anilines is 1. The third kappa shape index (κ3) is 3.01. The summed E-state index contributed by atoms with van der Waals surface area (Å²) >= 11 is 0. The van der Waals surface area contributed by atoms with Gasteiger partial charge in [-0.1, -0.05) is 18.2 Å². The van der Waals surface area contributed by atoms with Crippen LogP contribution in [0.3, 0.4) is 0 Å². The normalized spacial score (nSPS) is 10.2. The van der Waals surface area contributed by atoms with Crippen molar-refractivity contribution in [2.24, 2.45) is 0 Å². The lowest BCUT2D eigenvalue weighted by Gasteiger charge is -2.19. The maximum Gasteiger partial charge on any atom is 0.323 e. The highest BCUT2D eigenvalue weighted by Crippen LogP contribution is 2.17. The van der Waals surface area contributed by atoms with Gasteiger partial charge in [-0.05, 0) is 31.2 Å². The molecular formula is C14H13NO4. The number of amides is 1. The molecule has 1 aromatic carbocycles. The van der Waals surface area contributed by atoms with E-state index in [1.54, 1.807) is 43.3 Å². The lowest BCUT2D eigenvalue weighted by molar-refractivity contribution is -0.135. The maximum atomic E-state index is 12.3. The van der Waals surface area contributed by atoms with E-state index in [9.17, 15) is 9.59 Å². The number of rotatable bonds is 4. The molecule has 2 rings (SSSR count). The molecule has 0 bridgehead atoms. The van der Waals surface area contributed by atoms with Gasteiger partial charge in [-0.3, -0.25) is 14.5 Å². The van der Waals surface area contributed by atoms with E-state index in [2.05, 4.69) is 0 Å². The SMILES string of the molecule is Cc1ccc(C(=O)N(CC(=O)O)c2ccccc2)o1. The predicted molar refractivity (Wildman–Crippen MR) is 69.2 cm³/mol. The summed E-state index contributed by atoms with van der Waals surface area (Å²) in [7, 11) is 0. The molecule has 5 heteroatoms. The third-order valence-electron chi connectivity index (χ3n) is 2.56. The van der Waals surface area contributed by atoms with Crippen molar-refractivity contribution in [2.75, 3.05) is 11.4 Å². The molecule has 19 heavy (non-hydrogen) atoms. The Hall–Kier alpha value is -2.56. The van der Waals surface area contributed by atoms with Crippen molar-refractivity contribution in [3.63, 3.8) is 0 Å². The molecule has 0 aliphatic rings. The van der Waals surface area contributed by atoms with Gasteiger partial charge < -0.3 is 9.52 Å². The van der Waals surface area contributed by atoms with Crippen molar-refractivity contribution in [2.45, 2.75) is 6.92 Å². The number of carbonyl (C=O) groups is 2. The minimum atomic E-state index is -1.08. The summed E-state index contributed by atoms with van der Waals surface area (Å²) in [5.74, 6) is -0.823. The van der Waals surface area contributed by atoms with Crippen molar-refractivity contribution >= 4 is 17.6 Å². The van der Waals surface area contributed by atoms with Crippen LogP contribution in [-0.4, -0.2) is 23.5 Å². The molecule has 0 aliphatic heterocycles. The van der Waals surface area contributed by atoms with Gasteiger partial charge >= 0.3 is 5.97 Å². The monoisotopic (exact) mass is 259 g/mol. The van der Waals surface area contributed by atoms with E-state index < -0.39 is 18.4 Å². The van der Waals surface area contributed by atoms with Crippen LogP contribution < -0.4 is 4.90 Å². The zero-order valence-electron chi connectivity index (χ0n) is 10.4. The van der Waals surface area contributed by atoms with Crippen LogP contribution in [0.2, 0.25) is 0 Å². The van der Waals surface area contributed by atoms with Gasteiger partial charge in [0.1, 0.15) is 12.3 Å². The van der Waals surface area contributed by atoms with Crippen LogP contribution in [0.15, 0.2) is 46.9 Å². The molecule has 1 aromatic heterocycles. The summed E-state index contributed by atoms with van der Waals surface area (Å²) in [4.78, 5) is 24.3. The molecule has 0 aliphatic carbocycles. The largest absolute Gasteiger partial charge is 0.480 e. The van der Waals surface area contributed by atoms with Gasteiger partial charge in [0.15, 0.2) is 5.76 Å². The topological polar surface area (TPSA) is 70.8 Å². The summed E-state index contributed by atoms with van der Waals surface area (Å²) in [5.41, 5.74) is 0.518. The number of hydrogen-bond acceptors (Lipinski definition) is 3. The van der Waals surface area contributed by atoms with Gasteiger partial charge in [0.25, 0.3) is 5.91 Å². The summed E-state index contributed by atoms with van der Waals surface area (Å²) in [6.45, 7) is 1.31. The maximum absolute atomic E-state index is 12.3. The molecule has 0 atom stereocenters. The van der Waals surface area contributed by atoms with Crippen LogP contribution in [0.1, 0.15) is 16.3 Å². The van der Waals surface area contributed by atoms with Gasteiger partial charge in [-0.2, -0.15) is 0 Å². The average molecular weight is 259 g/mol. The Balaban J connectivity index is 2.33. The number of para-hydroxylation sites is 1. The lowest BCUT2D eigenvalue weighted by Crippen LogP contribution is -2.35. The number of carboxylic acids is 1. The van der Waals surface area contributed by atoms with E-state index in [0.717, 1.165) is 0 Å². The van der Waals surface area contributed by atoms with Gasteiger partial charge in [-0.25, -0.2) is 0 Å². The van der Waals surface area contributed by atoms with E-state index in [4.69, 9.17) is 9.52 Å². The molecule has 2 aromatic rings. The Morgan fingerprint density at radius 2 is 1.84 bits per heavy atom. The van der Waals surface area contributed by atoms with Crippen LogP contribution >= 0.6 is 0 Å². The number of carboxylic acid groups (broad SMARTS) is 1. The fourth-order valence-electron chi connectivity index (χ4n) is 1.71. The first kappa shape index (κ1) is 12.9. The average Bonchev–Trinajstić information content (AvgIpc) is 2.83. The highest BCUT2D eigenvalue weighted by atomic mass is 16.4. The Kier molecular flexibility index (Phi) is 3.66. The minimum absolute atomic E-state index is 0.127. The zero-order valence-corrected chi connectivity index (χ0v) is 10.4. The van der Waals surface area contributed by atoms with Crippen molar-refractivity contribution in [1.29, 1.82) is 0 Å². The first-order valence-electron chi connectivity index (χ1n) is 5.73. The first-order valence-corrected chi connectivity index (χ1v) is 5.73. The Morgan fingerprint density at radius 1 is 1.16 bits per heavy atom. The Labute approximate surface area is 110 Å². The van der Waals surface area contributed by atoms with Gasteiger partial charge in [-0.15, -0.1) is 0 Å². The van der Waals surface area contributed by atoms with Gasteiger partial charge in [0, 0.05) is 5.69 Å². The van der Waals surface area contributed by atoms with Crippen LogP contribution in [0, 0.1) is 6.92 Å². The molecule has 1 heterocycles. The van der Waals surface area contributed by atoms with E-state index >= 15 is 0 Å². The molecule has 0 unspecified atom stereocenters. The molecule has 0 spiro atoms. The van der Waals surface area contributed by atoms with Gasteiger partial charge in [0.05, 0.1) is 0 Å². The van der Waals surface area contributed by atoms with Gasteiger partial charge in [0.2, 0.25) is 0 Å². The molecule has 1 N–H and O–H groups in total. The predicted octanol–water partition coefficient (Wildman–Crippen LogP) is 2.32. The number of furan rings is 1. The fourth-order valence-corrected chi connectivity index (χ4v) is 1.71. The molecule has 0 fully saturated rings. The first-order chi connectivity index (χ1) is 9.08. The number of aliphatic carboxylic acids is 1. The second-order valence-electron chi connectivity index (χ2n) is 4.03. The molecular weight excluding hydrogens is 246 g/mol. The van der Waals surface area contributed by atoms with Crippen LogP contribution in [0.25, 0.3) is 0 Å². The number of benzene rings is 1. The van der Waals surface area contributed by atoms with E-state index in [1.165, 1.54) is 11.0 Å². The van der Waals surface area contributed by atoms with E-state index in [1.807, 2.05) is 0 Å². The van der Waals surface area contributed by atoms with Crippen molar-refractivity contribution in [3.8, 4) is 0 Å². The van der Waals surface area contributed by atoms with Crippen LogP contribution in [0.5, 0.6) is 0 Å². The summed E-state index contributed by atoms with van der Waals surface area (Å²) in [6, 6.07) is 11.8. The van der Waals surface area contributed by atoms with Crippen LogP contribution in [-0.2, 0) is 4.79 Å². The molecule has 0 radical (unpaired) electrons. The molecule has 98 valence electrons. The van der Waals surface area contributed by atoms with E-state index in [-0.39, 0.29) is 5.76 Å². The second kappa shape index (κ2) is 5.39. The highest BCUT2D eigenvalue weighted by molar-refractivity contribution is 6.06. The highest BCUT2D eigenvalue weighted by Gasteiger charge is 2.22. The molecule has 5 nitrogen and oxygen atoms in total. The quantitative estimate of drug-likeness (QED) is 0.914. The standard InChI is InChI=1S/C14H13NO4/c1-10-7-8-12(19-10)14(18)15(9-13(16)17)11-5-3-2-4-6-11/h2-8H,9H2,1H3,(H,16,17). The summed E-state index contributed by atoms with van der Waals surface area (Å²) in [6.07, 6.45) is 0. The summed E-state index contributed by atoms with van der Waals surface area (Å²) in [5, 5.41) is 8.92. The lowest BCUT2D eigenvalue weighted by atomic mass is 10.2. The molecule has 0 saturated carbocycles. The zero-order chi connectivity index (χ0) is 13.8. The number of aryl methyl sites for hydroxylation is 1. The number of carbonyl (C=O) groups excluding carboxylic acids is 1. The third-order valence-corrected chi connectivity index (χ3v) is 2.56. The minimum Gasteiger partial charge on any atom is -0.480 e. The van der Waals surface area contributed by atoms with Crippen molar-refractivity contribution < 1.29 is 19.1 Å². The number of nitrogens with zero attached hydrogens (tertiary/aromatic N) is 1. The molecule has 0 saturated heterocycles.